The molecule has 3 aromatic heterocycles. The molecule has 0 radical (unpaired) electrons. The lowest BCUT2D eigenvalue weighted by Crippen LogP contribution is -2.42. The summed E-state index contributed by atoms with van der Waals surface area (Å²) in [6, 6.07) is 3.90. The van der Waals surface area contributed by atoms with Crippen LogP contribution in [-0.2, 0) is 112 Å². The van der Waals surface area contributed by atoms with E-state index in [1.54, 1.807) is 0 Å². The first-order valence-electron chi connectivity index (χ1n) is 30.9. The number of methoxy groups -OCH3 is 1. The number of sulfonamides is 3. The lowest BCUT2D eigenvalue weighted by atomic mass is 9.79. The van der Waals surface area contributed by atoms with Crippen LogP contribution in [0.1, 0.15) is 124 Å². The summed E-state index contributed by atoms with van der Waals surface area (Å²) >= 11 is 0. The van der Waals surface area contributed by atoms with Crippen molar-refractivity contribution in [1.29, 1.82) is 0 Å². The Hall–Kier alpha value is -7.77. The molecule has 6 aromatic rings. The van der Waals surface area contributed by atoms with Crippen LogP contribution in [0.2, 0.25) is 0 Å². The maximum atomic E-state index is 14.6. The van der Waals surface area contributed by atoms with Crippen LogP contribution >= 0.6 is 0 Å². The highest BCUT2D eigenvalue weighted by Gasteiger charge is 2.45. The maximum Gasteiger partial charge on any atom is 0.333 e. The number of benzene rings is 3. The first-order chi connectivity index (χ1) is 43.3. The third-order valence-electron chi connectivity index (χ3n) is 19.8. The van der Waals surface area contributed by atoms with Crippen LogP contribution in [0.25, 0.3) is 0 Å². The van der Waals surface area contributed by atoms with Gasteiger partial charge in [0, 0.05) is 24.2 Å². The highest BCUT2D eigenvalue weighted by molar-refractivity contribution is 7.90. The molecule has 8 N–H and O–H groups in total. The summed E-state index contributed by atoms with van der Waals surface area (Å²) in [7, 11) is -11.9. The molecule has 7 atom stereocenters. The molecular weight excluding hydrogens is 1220 g/mol. The average molecular weight is 1290 g/mol. The van der Waals surface area contributed by atoms with Crippen LogP contribution in [-0.4, -0.2) is 130 Å². The molecule has 0 spiro atoms. The molecule has 15 rings (SSSR count). The van der Waals surface area contributed by atoms with Gasteiger partial charge in [-0.15, -0.1) is 0 Å². The number of fused-ring (bicyclic) bond motifs is 9. The van der Waals surface area contributed by atoms with Gasteiger partial charge in [0.15, 0.2) is 14.7 Å². The van der Waals surface area contributed by atoms with E-state index in [0.29, 0.717) is 94.4 Å². The van der Waals surface area contributed by atoms with Crippen molar-refractivity contribution >= 4 is 65.2 Å². The third kappa shape index (κ3) is 10.1. The van der Waals surface area contributed by atoms with Gasteiger partial charge < -0.3 is 45.3 Å². The Morgan fingerprint density at radius 1 is 0.556 bits per heavy atom. The summed E-state index contributed by atoms with van der Waals surface area (Å²) in [6.07, 6.45) is 12.1. The first-order valence-corrected chi connectivity index (χ1v) is 35.3. The number of aryl methyl sites for hydroxylation is 3. The molecule has 3 aromatic carbocycles. The van der Waals surface area contributed by atoms with E-state index >= 15 is 0 Å². The van der Waals surface area contributed by atoms with Crippen molar-refractivity contribution in [2.24, 2.45) is 5.92 Å². The van der Waals surface area contributed by atoms with E-state index < -0.39 is 54.3 Å². The first kappa shape index (κ1) is 58.6. The zero-order chi connectivity index (χ0) is 62.1. The number of hydrogen-bond acceptors (Lipinski definition) is 18. The minimum atomic E-state index is -4.57. The van der Waals surface area contributed by atoms with E-state index in [0.717, 1.165) is 105 Å². The number of anilines is 3. The van der Waals surface area contributed by atoms with Gasteiger partial charge in [-0.1, -0.05) is 25.1 Å². The molecule has 6 unspecified atom stereocenters. The Balaban J connectivity index is 0.730. The molecule has 9 aliphatic rings. The second-order valence-corrected chi connectivity index (χ2v) is 30.0. The number of aromatic nitrogens is 6. The average Bonchev–Trinajstić information content (AvgIpc) is 1.58. The number of aliphatic hydroxyl groups is 1. The SMILES string of the molecule is CCNC1COc2c(S(=O)(=O)NC(=O)Nc3c4c(cc5c3CCC5C3CCc5cc6c(c(NC(=O)NS(=O)(=O)c7cnn8c7OCC(O)C8)c53)CCC6C3Cc5cc6c(c(NC(=O)NS(=O)(=O)c7cnn8c7OC[C@H](OC)C8)c5C3)CCC6)CCC4)cnn2C1. The molecule has 6 aliphatic carbocycles. The lowest BCUT2D eigenvalue weighted by molar-refractivity contribution is 0.0165. The van der Waals surface area contributed by atoms with Crippen molar-refractivity contribution in [1.82, 2.24) is 48.8 Å². The van der Waals surface area contributed by atoms with Crippen LogP contribution in [0.4, 0.5) is 31.4 Å². The fraction of sp³-hybridized carbons (Fsp3) is 0.500. The normalized spacial score (nSPS) is 23.3. The van der Waals surface area contributed by atoms with Gasteiger partial charge >= 0.3 is 18.1 Å². The van der Waals surface area contributed by atoms with Crippen molar-refractivity contribution in [3.8, 4) is 17.6 Å². The van der Waals surface area contributed by atoms with Crippen LogP contribution in [0.5, 0.6) is 17.6 Å². The van der Waals surface area contributed by atoms with Gasteiger partial charge in [-0.05, 0) is 187 Å². The summed E-state index contributed by atoms with van der Waals surface area (Å²) in [6.45, 7) is 3.56. The quantitative estimate of drug-likeness (QED) is 0.0743. The molecule has 6 amide bonds. The van der Waals surface area contributed by atoms with Gasteiger partial charge in [0.25, 0.3) is 30.1 Å². The highest BCUT2D eigenvalue weighted by Crippen LogP contribution is 2.58. The summed E-state index contributed by atoms with van der Waals surface area (Å²) < 4.78 is 117. The van der Waals surface area contributed by atoms with E-state index in [1.807, 2.05) is 6.92 Å². The minimum Gasteiger partial charge on any atom is -0.475 e. The van der Waals surface area contributed by atoms with Gasteiger partial charge in [0.2, 0.25) is 17.6 Å². The van der Waals surface area contributed by atoms with Crippen LogP contribution < -0.4 is 49.6 Å². The molecule has 3 aliphatic heterocycles. The predicted octanol–water partition coefficient (Wildman–Crippen LogP) is 4.52. The molecule has 27 nitrogen and oxygen atoms in total. The smallest absolute Gasteiger partial charge is 0.333 e. The highest BCUT2D eigenvalue weighted by atomic mass is 32.2. The van der Waals surface area contributed by atoms with E-state index in [9.17, 15) is 44.7 Å². The monoisotopic (exact) mass is 1290 g/mol. The molecule has 90 heavy (non-hydrogen) atoms. The fourth-order valence-corrected chi connectivity index (χ4v) is 18.9. The lowest BCUT2D eigenvalue weighted by Gasteiger charge is -2.27. The number of ether oxygens (including phenoxy) is 4. The number of hydrogen-bond donors (Lipinski definition) is 8. The molecule has 6 heterocycles. The third-order valence-corrected chi connectivity index (χ3v) is 23.7. The second kappa shape index (κ2) is 22.3. The molecule has 476 valence electrons. The number of likely N-dealkylation sites (N-methyl/N-ethyl adjacent to an activating group) is 1. The molecule has 0 saturated heterocycles. The molecule has 0 bridgehead atoms. The Bertz CT molecular complexity index is 4370. The van der Waals surface area contributed by atoms with Gasteiger partial charge in [-0.3, -0.25) is 0 Å². The number of carbonyl (C=O) groups excluding carboxylic acids is 3. The number of carbonyl (C=O) groups is 3. The van der Waals surface area contributed by atoms with Crippen molar-refractivity contribution in [2.75, 3.05) is 49.4 Å². The summed E-state index contributed by atoms with van der Waals surface area (Å²) in [5, 5.41) is 35.1. The van der Waals surface area contributed by atoms with Crippen molar-refractivity contribution in [3.63, 3.8) is 0 Å². The Kier molecular flexibility index (Phi) is 14.5. The van der Waals surface area contributed by atoms with Crippen molar-refractivity contribution in [3.05, 3.63) is 104 Å². The summed E-state index contributed by atoms with van der Waals surface area (Å²) in [4.78, 5) is 41.7. The van der Waals surface area contributed by atoms with Gasteiger partial charge in [-0.25, -0.2) is 67.8 Å². The standard InChI is InChI=1S/C60H69N13O14S3/c1-3-61-35-24-71-55(85-27-35)48(21-62-71)88(78,79)68-58(75)65-52-40-9-5-7-31(40)18-47-41(13-15-43(47)52)42-11-10-32-19-46-38(12-14-44(46)54(51(32)42)67-60(77)70-89(80,81)49-22-63-72-25-36(74)28-86-56(49)72)34-17-33-16-30-6-4-8-39(30)53(45(33)20-34)66-59(76)69-90(82,83)50-23-64-73-26-37(84-2)29-87-57(50)73/h16,18-19,21-23,34-38,41-42,61,74H,3-15,17,20,24-29H2,1-2H3,(H2,65,68,75)(H2,66,69,76)(H2,67,70,77)/t34?,35?,36?,37-,38?,41?,42?/m1/s1. The van der Waals surface area contributed by atoms with E-state index in [1.165, 1.54) is 27.4 Å². The van der Waals surface area contributed by atoms with E-state index in [2.05, 4.69) is 68.9 Å². The minimum absolute atomic E-state index is 0.0104. The van der Waals surface area contributed by atoms with Gasteiger partial charge in [0.05, 0.1) is 44.3 Å². The maximum absolute atomic E-state index is 14.6. The van der Waals surface area contributed by atoms with Crippen LogP contribution in [0.15, 0.2) is 51.5 Å². The number of urea groups is 3. The van der Waals surface area contributed by atoms with Crippen LogP contribution in [0.3, 0.4) is 0 Å². The van der Waals surface area contributed by atoms with Gasteiger partial charge in [-0.2, -0.15) is 15.3 Å². The van der Waals surface area contributed by atoms with Gasteiger partial charge in [0.1, 0.15) is 32.0 Å². The zero-order valence-corrected chi connectivity index (χ0v) is 52.0. The van der Waals surface area contributed by atoms with E-state index in [4.69, 9.17) is 18.9 Å². The van der Waals surface area contributed by atoms with Crippen molar-refractivity contribution in [2.45, 2.75) is 167 Å². The Labute approximate surface area is 518 Å². The van der Waals surface area contributed by atoms with E-state index in [-0.39, 0.29) is 101 Å². The van der Waals surface area contributed by atoms with Crippen molar-refractivity contribution < 1.29 is 63.7 Å². The predicted molar refractivity (Wildman–Crippen MR) is 323 cm³/mol. The molecule has 0 saturated carbocycles. The Morgan fingerprint density at radius 2 is 1.07 bits per heavy atom. The second-order valence-electron chi connectivity index (χ2n) is 25.1. The zero-order valence-electron chi connectivity index (χ0n) is 49.5. The fourth-order valence-electron chi connectivity index (χ4n) is 16.0. The number of nitrogens with zero attached hydrogens (tertiary/aromatic N) is 6. The molecule has 30 heteroatoms. The number of amides is 6. The summed E-state index contributed by atoms with van der Waals surface area (Å²) in [5.74, 6) is -0.225. The topological polar surface area (TPSA) is 348 Å². The molecule has 0 fully saturated rings. The summed E-state index contributed by atoms with van der Waals surface area (Å²) in [5.41, 5.74) is 13.8. The number of rotatable bonds is 14. The Morgan fingerprint density at radius 3 is 1.69 bits per heavy atom. The van der Waals surface area contributed by atoms with Crippen LogP contribution in [0, 0.1) is 5.92 Å². The molecular formula is C60H69N13O14S3. The number of nitrogens with one attached hydrogen (secondary N) is 7. The largest absolute Gasteiger partial charge is 0.475 e. The number of aliphatic hydroxyl groups excluding tert-OH is 1.